The molecule has 0 N–H and O–H groups in total. The molecule has 3 rings (SSSR count). The van der Waals surface area contributed by atoms with Crippen molar-refractivity contribution >= 4 is 10.9 Å². The van der Waals surface area contributed by atoms with Crippen molar-refractivity contribution in [3.63, 3.8) is 0 Å². The molecule has 0 fully saturated rings. The number of rotatable bonds is 1. The number of nitrogens with zero attached hydrogens (tertiary/aromatic N) is 1. The Kier molecular flexibility index (Phi) is 2.00. The van der Waals surface area contributed by atoms with Crippen LogP contribution in [0.15, 0.2) is 53.1 Å². The predicted molar refractivity (Wildman–Crippen MR) is 64.2 cm³/mol. The molecule has 0 aliphatic rings. The standard InChI is InChI=1S/C14H11NO/c1-10-6-7-14(16-10)12-8-9-15-13-5-3-2-4-11(12)13/h2-9H,1H3. The Labute approximate surface area is 93.5 Å². The zero-order valence-corrected chi connectivity index (χ0v) is 8.97. The van der Waals surface area contributed by atoms with Crippen LogP contribution in [0.2, 0.25) is 0 Å². The fraction of sp³-hybridized carbons (Fsp3) is 0.0714. The van der Waals surface area contributed by atoms with Gasteiger partial charge in [-0.25, -0.2) is 0 Å². The summed E-state index contributed by atoms with van der Waals surface area (Å²) in [7, 11) is 0. The lowest BCUT2D eigenvalue weighted by atomic mass is 10.1. The molecule has 0 amide bonds. The van der Waals surface area contributed by atoms with Gasteiger partial charge in [-0.2, -0.15) is 0 Å². The van der Waals surface area contributed by atoms with Gasteiger partial charge < -0.3 is 4.42 Å². The molecule has 2 heteroatoms. The molecule has 78 valence electrons. The minimum Gasteiger partial charge on any atom is -0.461 e. The van der Waals surface area contributed by atoms with Gasteiger partial charge >= 0.3 is 0 Å². The van der Waals surface area contributed by atoms with Crippen LogP contribution in [-0.2, 0) is 0 Å². The van der Waals surface area contributed by atoms with E-state index in [2.05, 4.69) is 11.1 Å². The van der Waals surface area contributed by atoms with E-state index in [1.54, 1.807) is 0 Å². The molecule has 16 heavy (non-hydrogen) atoms. The van der Waals surface area contributed by atoms with Crippen LogP contribution in [0.25, 0.3) is 22.2 Å². The smallest absolute Gasteiger partial charge is 0.134 e. The molecule has 0 bridgehead atoms. The van der Waals surface area contributed by atoms with Crippen LogP contribution in [-0.4, -0.2) is 4.98 Å². The van der Waals surface area contributed by atoms with Gasteiger partial charge in [0.1, 0.15) is 11.5 Å². The first kappa shape index (κ1) is 9.16. The zero-order valence-electron chi connectivity index (χ0n) is 8.97. The third-order valence-corrected chi connectivity index (χ3v) is 2.65. The summed E-state index contributed by atoms with van der Waals surface area (Å²) in [6.07, 6.45) is 1.82. The van der Waals surface area contributed by atoms with Gasteiger partial charge in [-0.3, -0.25) is 4.98 Å². The summed E-state index contributed by atoms with van der Waals surface area (Å²) in [5.41, 5.74) is 2.09. The number of aryl methyl sites for hydroxylation is 1. The average Bonchev–Trinajstić information content (AvgIpc) is 2.75. The Hall–Kier alpha value is -2.09. The summed E-state index contributed by atoms with van der Waals surface area (Å²) in [6.45, 7) is 1.95. The highest BCUT2D eigenvalue weighted by Gasteiger charge is 2.06. The molecule has 0 unspecified atom stereocenters. The van der Waals surface area contributed by atoms with Crippen molar-refractivity contribution in [3.8, 4) is 11.3 Å². The molecule has 0 aliphatic heterocycles. The van der Waals surface area contributed by atoms with Crippen LogP contribution in [0.4, 0.5) is 0 Å². The molecule has 0 saturated heterocycles. The molecule has 2 nitrogen and oxygen atoms in total. The number of hydrogen-bond acceptors (Lipinski definition) is 2. The summed E-state index contributed by atoms with van der Waals surface area (Å²) in [5.74, 6) is 1.83. The normalized spacial score (nSPS) is 10.8. The molecule has 0 saturated carbocycles. The second kappa shape index (κ2) is 3.49. The van der Waals surface area contributed by atoms with Gasteiger partial charge in [0, 0.05) is 17.1 Å². The topological polar surface area (TPSA) is 26.0 Å². The first-order valence-electron chi connectivity index (χ1n) is 5.25. The van der Waals surface area contributed by atoms with Gasteiger partial charge in [-0.15, -0.1) is 0 Å². The Morgan fingerprint density at radius 3 is 2.69 bits per heavy atom. The van der Waals surface area contributed by atoms with Crippen molar-refractivity contribution in [3.05, 3.63) is 54.4 Å². The van der Waals surface area contributed by atoms with Crippen LogP contribution < -0.4 is 0 Å². The van der Waals surface area contributed by atoms with E-state index >= 15 is 0 Å². The van der Waals surface area contributed by atoms with E-state index in [0.717, 1.165) is 28.0 Å². The van der Waals surface area contributed by atoms with E-state index in [9.17, 15) is 0 Å². The predicted octanol–water partition coefficient (Wildman–Crippen LogP) is 3.80. The molecular weight excluding hydrogens is 198 g/mol. The fourth-order valence-corrected chi connectivity index (χ4v) is 1.89. The lowest BCUT2D eigenvalue weighted by Crippen LogP contribution is -1.81. The van der Waals surface area contributed by atoms with E-state index in [1.165, 1.54) is 0 Å². The van der Waals surface area contributed by atoms with E-state index in [0.29, 0.717) is 0 Å². The van der Waals surface area contributed by atoms with Gasteiger partial charge in [0.15, 0.2) is 0 Å². The third-order valence-electron chi connectivity index (χ3n) is 2.65. The molecule has 0 atom stereocenters. The second-order valence-corrected chi connectivity index (χ2v) is 3.79. The second-order valence-electron chi connectivity index (χ2n) is 3.79. The van der Waals surface area contributed by atoms with Crippen LogP contribution in [0.3, 0.4) is 0 Å². The molecule has 3 aromatic rings. The molecule has 0 spiro atoms. The molecule has 2 aromatic heterocycles. The maximum Gasteiger partial charge on any atom is 0.134 e. The number of hydrogen-bond donors (Lipinski definition) is 0. The minimum absolute atomic E-state index is 0.899. The minimum atomic E-state index is 0.899. The summed E-state index contributed by atoms with van der Waals surface area (Å²) < 4.78 is 5.65. The maximum atomic E-state index is 5.65. The van der Waals surface area contributed by atoms with Gasteiger partial charge in [-0.05, 0) is 31.2 Å². The highest BCUT2D eigenvalue weighted by Crippen LogP contribution is 2.28. The fourth-order valence-electron chi connectivity index (χ4n) is 1.89. The van der Waals surface area contributed by atoms with Gasteiger partial charge in [0.2, 0.25) is 0 Å². The highest BCUT2D eigenvalue weighted by atomic mass is 16.3. The molecular formula is C14H11NO. The number of para-hydroxylation sites is 1. The van der Waals surface area contributed by atoms with E-state index in [4.69, 9.17) is 4.42 Å². The number of benzene rings is 1. The molecule has 0 aliphatic carbocycles. The van der Waals surface area contributed by atoms with Crippen molar-refractivity contribution in [2.75, 3.05) is 0 Å². The lowest BCUT2D eigenvalue weighted by Gasteiger charge is -2.02. The highest BCUT2D eigenvalue weighted by molar-refractivity contribution is 5.92. The van der Waals surface area contributed by atoms with Crippen LogP contribution in [0.5, 0.6) is 0 Å². The van der Waals surface area contributed by atoms with E-state index in [-0.39, 0.29) is 0 Å². The number of pyridine rings is 1. The van der Waals surface area contributed by atoms with E-state index < -0.39 is 0 Å². The van der Waals surface area contributed by atoms with Crippen molar-refractivity contribution in [1.82, 2.24) is 4.98 Å². The Balaban J connectivity index is 2.31. The average molecular weight is 209 g/mol. The first-order valence-corrected chi connectivity index (χ1v) is 5.25. The monoisotopic (exact) mass is 209 g/mol. The quantitative estimate of drug-likeness (QED) is 0.609. The van der Waals surface area contributed by atoms with Crippen molar-refractivity contribution < 1.29 is 4.42 Å². The summed E-state index contributed by atoms with van der Waals surface area (Å²) in [4.78, 5) is 4.33. The third kappa shape index (κ3) is 1.39. The van der Waals surface area contributed by atoms with Crippen LogP contribution in [0, 0.1) is 6.92 Å². The Bertz CT molecular complexity index is 635. The SMILES string of the molecule is Cc1ccc(-c2ccnc3ccccc23)o1. The number of aromatic nitrogens is 1. The Morgan fingerprint density at radius 2 is 1.88 bits per heavy atom. The van der Waals surface area contributed by atoms with Crippen molar-refractivity contribution in [2.24, 2.45) is 0 Å². The Morgan fingerprint density at radius 1 is 1.00 bits per heavy atom. The van der Waals surface area contributed by atoms with Gasteiger partial charge in [0.25, 0.3) is 0 Å². The largest absolute Gasteiger partial charge is 0.461 e. The molecule has 1 aromatic carbocycles. The van der Waals surface area contributed by atoms with Crippen LogP contribution >= 0.6 is 0 Å². The number of fused-ring (bicyclic) bond motifs is 1. The molecule has 2 heterocycles. The summed E-state index contributed by atoms with van der Waals surface area (Å²) in [5, 5.41) is 1.12. The summed E-state index contributed by atoms with van der Waals surface area (Å²) in [6, 6.07) is 14.0. The molecule has 0 radical (unpaired) electrons. The first-order chi connectivity index (χ1) is 7.84. The lowest BCUT2D eigenvalue weighted by molar-refractivity contribution is 0.549. The van der Waals surface area contributed by atoms with Crippen molar-refractivity contribution in [1.29, 1.82) is 0 Å². The maximum absolute atomic E-state index is 5.65. The van der Waals surface area contributed by atoms with Gasteiger partial charge in [0.05, 0.1) is 5.52 Å². The van der Waals surface area contributed by atoms with Crippen LogP contribution in [0.1, 0.15) is 5.76 Å². The van der Waals surface area contributed by atoms with Gasteiger partial charge in [-0.1, -0.05) is 18.2 Å². The summed E-state index contributed by atoms with van der Waals surface area (Å²) >= 11 is 0. The van der Waals surface area contributed by atoms with Crippen molar-refractivity contribution in [2.45, 2.75) is 6.92 Å². The zero-order chi connectivity index (χ0) is 11.0. The number of furan rings is 1. The van der Waals surface area contributed by atoms with E-state index in [1.807, 2.05) is 49.5 Å².